The van der Waals surface area contributed by atoms with Gasteiger partial charge in [0.2, 0.25) is 0 Å². The molecule has 3 rings (SSSR count). The number of fused-ring (bicyclic) bond motifs is 1. The van der Waals surface area contributed by atoms with Crippen molar-refractivity contribution in [2.24, 2.45) is 0 Å². The Kier molecular flexibility index (Phi) is 4.00. The van der Waals surface area contributed by atoms with Crippen LogP contribution in [0, 0.1) is 0 Å². The van der Waals surface area contributed by atoms with Crippen LogP contribution in [-0.4, -0.2) is 54.9 Å². The molecule has 0 aromatic heterocycles. The molecule has 2 N–H and O–H groups in total. The summed E-state index contributed by atoms with van der Waals surface area (Å²) in [6.07, 6.45) is 1.01. The summed E-state index contributed by atoms with van der Waals surface area (Å²) in [5, 5.41) is 12.7. The first-order valence-electron chi connectivity index (χ1n) is 7.11. The molecule has 1 saturated heterocycles. The summed E-state index contributed by atoms with van der Waals surface area (Å²) in [6.45, 7) is 3.25. The highest BCUT2D eigenvalue weighted by Crippen LogP contribution is 2.19. The Labute approximate surface area is 118 Å². The lowest BCUT2D eigenvalue weighted by molar-refractivity contribution is -0.0184. The number of ether oxygens (including phenoxy) is 1. The van der Waals surface area contributed by atoms with E-state index in [0.717, 1.165) is 19.5 Å². The number of aliphatic hydroxyl groups excluding tert-OH is 1. The highest BCUT2D eigenvalue weighted by molar-refractivity contribution is 5.94. The highest BCUT2D eigenvalue weighted by atomic mass is 16.5. The van der Waals surface area contributed by atoms with E-state index >= 15 is 0 Å². The van der Waals surface area contributed by atoms with Gasteiger partial charge in [-0.2, -0.15) is 0 Å². The number of aliphatic hydroxyl groups is 1. The second-order valence-electron chi connectivity index (χ2n) is 5.32. The van der Waals surface area contributed by atoms with Crippen molar-refractivity contribution in [3.63, 3.8) is 0 Å². The smallest absolute Gasteiger partial charge is 0.254 e. The van der Waals surface area contributed by atoms with E-state index in [1.54, 1.807) is 4.90 Å². The number of rotatable bonds is 2. The molecule has 0 radical (unpaired) electrons. The van der Waals surface area contributed by atoms with Gasteiger partial charge >= 0.3 is 0 Å². The van der Waals surface area contributed by atoms with E-state index in [1.807, 2.05) is 12.1 Å². The number of hydrogen-bond acceptors (Lipinski definition) is 4. The van der Waals surface area contributed by atoms with Crippen LogP contribution in [0.4, 0.5) is 0 Å². The molecule has 108 valence electrons. The molecule has 1 unspecified atom stereocenters. The number of carbonyl (C=O) groups excluding carboxylic acids is 1. The van der Waals surface area contributed by atoms with Crippen LogP contribution in [0.2, 0.25) is 0 Å². The summed E-state index contributed by atoms with van der Waals surface area (Å²) < 4.78 is 5.32. The zero-order chi connectivity index (χ0) is 13.9. The zero-order valence-corrected chi connectivity index (χ0v) is 11.5. The van der Waals surface area contributed by atoms with Crippen molar-refractivity contribution in [2.75, 3.05) is 32.9 Å². The third-order valence-corrected chi connectivity index (χ3v) is 4.04. The monoisotopic (exact) mass is 276 g/mol. The van der Waals surface area contributed by atoms with Gasteiger partial charge in [-0.05, 0) is 36.2 Å². The number of nitrogens with zero attached hydrogens (tertiary/aromatic N) is 1. The molecular weight excluding hydrogens is 256 g/mol. The summed E-state index contributed by atoms with van der Waals surface area (Å²) in [5.41, 5.74) is 3.23. The van der Waals surface area contributed by atoms with Gasteiger partial charge in [0.1, 0.15) is 0 Å². The number of morpholine rings is 1. The summed E-state index contributed by atoms with van der Waals surface area (Å²) in [4.78, 5) is 14.3. The van der Waals surface area contributed by atoms with Gasteiger partial charge in [-0.25, -0.2) is 0 Å². The standard InChI is InChI=1S/C15H20N2O3/c18-9-14-10-20-6-5-17(14)15(19)12-2-1-11-3-4-16-8-13(11)7-12/h1-2,7,14,16,18H,3-6,8-10H2. The molecule has 20 heavy (non-hydrogen) atoms. The van der Waals surface area contributed by atoms with Gasteiger partial charge in [0.15, 0.2) is 0 Å². The quantitative estimate of drug-likeness (QED) is 0.808. The first-order valence-corrected chi connectivity index (χ1v) is 7.11. The number of carbonyl (C=O) groups is 1. The van der Waals surface area contributed by atoms with Crippen LogP contribution in [0.25, 0.3) is 0 Å². The molecule has 2 heterocycles. The van der Waals surface area contributed by atoms with Crippen LogP contribution in [0.5, 0.6) is 0 Å². The Morgan fingerprint density at radius 1 is 1.45 bits per heavy atom. The molecule has 1 fully saturated rings. The molecule has 1 aromatic rings. The number of amides is 1. The fourth-order valence-corrected chi connectivity index (χ4v) is 2.85. The van der Waals surface area contributed by atoms with Crippen molar-refractivity contribution in [3.05, 3.63) is 34.9 Å². The van der Waals surface area contributed by atoms with Crippen LogP contribution < -0.4 is 5.32 Å². The van der Waals surface area contributed by atoms with E-state index in [-0.39, 0.29) is 18.6 Å². The molecule has 2 aliphatic heterocycles. The van der Waals surface area contributed by atoms with Crippen LogP contribution in [-0.2, 0) is 17.7 Å². The van der Waals surface area contributed by atoms with Crippen LogP contribution in [0.3, 0.4) is 0 Å². The van der Waals surface area contributed by atoms with E-state index in [1.165, 1.54) is 11.1 Å². The first kappa shape index (κ1) is 13.5. The predicted molar refractivity (Wildman–Crippen MR) is 74.6 cm³/mol. The fraction of sp³-hybridized carbons (Fsp3) is 0.533. The Balaban J connectivity index is 1.82. The van der Waals surface area contributed by atoms with Crippen molar-refractivity contribution in [1.82, 2.24) is 10.2 Å². The van der Waals surface area contributed by atoms with E-state index in [9.17, 15) is 9.90 Å². The third-order valence-electron chi connectivity index (χ3n) is 4.04. The lowest BCUT2D eigenvalue weighted by Gasteiger charge is -2.34. The Morgan fingerprint density at radius 3 is 3.20 bits per heavy atom. The molecule has 1 amide bonds. The van der Waals surface area contributed by atoms with Crippen LogP contribution in [0.1, 0.15) is 21.5 Å². The summed E-state index contributed by atoms with van der Waals surface area (Å²) >= 11 is 0. The summed E-state index contributed by atoms with van der Waals surface area (Å²) in [7, 11) is 0. The van der Waals surface area contributed by atoms with Crippen molar-refractivity contribution < 1.29 is 14.6 Å². The van der Waals surface area contributed by atoms with E-state index in [4.69, 9.17) is 4.74 Å². The summed E-state index contributed by atoms with van der Waals surface area (Å²) in [6, 6.07) is 5.70. The van der Waals surface area contributed by atoms with E-state index < -0.39 is 0 Å². The maximum Gasteiger partial charge on any atom is 0.254 e. The first-order chi connectivity index (χ1) is 9.79. The molecule has 0 aliphatic carbocycles. The fourth-order valence-electron chi connectivity index (χ4n) is 2.85. The molecule has 2 aliphatic rings. The maximum absolute atomic E-state index is 12.6. The van der Waals surface area contributed by atoms with Crippen molar-refractivity contribution in [1.29, 1.82) is 0 Å². The molecule has 1 atom stereocenters. The van der Waals surface area contributed by atoms with Gasteiger partial charge in [-0.3, -0.25) is 4.79 Å². The second-order valence-corrected chi connectivity index (χ2v) is 5.32. The minimum absolute atomic E-state index is 0.0132. The minimum Gasteiger partial charge on any atom is -0.394 e. The van der Waals surface area contributed by atoms with Crippen LogP contribution in [0.15, 0.2) is 18.2 Å². The highest BCUT2D eigenvalue weighted by Gasteiger charge is 2.27. The Morgan fingerprint density at radius 2 is 2.35 bits per heavy atom. The predicted octanol–water partition coefficient (Wildman–Crippen LogP) is 0.166. The second kappa shape index (κ2) is 5.91. The van der Waals surface area contributed by atoms with Gasteiger partial charge in [0.25, 0.3) is 5.91 Å². The van der Waals surface area contributed by atoms with E-state index in [0.29, 0.717) is 25.3 Å². The number of hydrogen-bond donors (Lipinski definition) is 2. The Hall–Kier alpha value is -1.43. The van der Waals surface area contributed by atoms with Gasteiger partial charge in [0.05, 0.1) is 25.9 Å². The average molecular weight is 276 g/mol. The molecule has 0 saturated carbocycles. The number of nitrogens with one attached hydrogen (secondary N) is 1. The average Bonchev–Trinajstić information content (AvgIpc) is 2.53. The molecule has 0 spiro atoms. The minimum atomic E-state index is -0.231. The number of benzene rings is 1. The molecule has 5 nitrogen and oxygen atoms in total. The maximum atomic E-state index is 12.6. The SMILES string of the molecule is O=C(c1ccc2c(c1)CNCC2)N1CCOCC1CO. The normalized spacial score (nSPS) is 22.4. The van der Waals surface area contributed by atoms with Crippen LogP contribution >= 0.6 is 0 Å². The van der Waals surface area contributed by atoms with Crippen molar-refractivity contribution in [2.45, 2.75) is 19.0 Å². The molecule has 0 bridgehead atoms. The molecule has 5 heteroatoms. The largest absolute Gasteiger partial charge is 0.394 e. The van der Waals surface area contributed by atoms with Crippen molar-refractivity contribution in [3.8, 4) is 0 Å². The molecular formula is C15H20N2O3. The van der Waals surface area contributed by atoms with Crippen molar-refractivity contribution >= 4 is 5.91 Å². The Bertz CT molecular complexity index is 504. The zero-order valence-electron chi connectivity index (χ0n) is 11.5. The van der Waals surface area contributed by atoms with Gasteiger partial charge in [0, 0.05) is 18.7 Å². The topological polar surface area (TPSA) is 61.8 Å². The lowest BCUT2D eigenvalue weighted by atomic mass is 9.98. The summed E-state index contributed by atoms with van der Waals surface area (Å²) in [5.74, 6) is -0.0132. The third kappa shape index (κ3) is 2.57. The van der Waals surface area contributed by atoms with Gasteiger partial charge in [-0.1, -0.05) is 6.07 Å². The van der Waals surface area contributed by atoms with E-state index in [2.05, 4.69) is 11.4 Å². The molecule has 1 aromatic carbocycles. The lowest BCUT2D eigenvalue weighted by Crippen LogP contribution is -2.50. The van der Waals surface area contributed by atoms with Gasteiger partial charge < -0.3 is 20.1 Å². The van der Waals surface area contributed by atoms with Gasteiger partial charge in [-0.15, -0.1) is 0 Å².